The maximum Gasteiger partial charge on any atom is 0.0264 e. The SMILES string of the molecule is Cc1ccc2cc(C3=CC=CN=CC3)ccc2c1. The Labute approximate surface area is 107 Å². The summed E-state index contributed by atoms with van der Waals surface area (Å²) in [5.74, 6) is 0. The summed E-state index contributed by atoms with van der Waals surface area (Å²) in [5, 5.41) is 2.60. The van der Waals surface area contributed by atoms with Gasteiger partial charge in [-0.15, -0.1) is 0 Å². The van der Waals surface area contributed by atoms with E-state index >= 15 is 0 Å². The van der Waals surface area contributed by atoms with Gasteiger partial charge in [0, 0.05) is 18.8 Å². The van der Waals surface area contributed by atoms with Gasteiger partial charge in [-0.2, -0.15) is 0 Å². The molecule has 1 aliphatic rings. The number of hydrogen-bond acceptors (Lipinski definition) is 1. The van der Waals surface area contributed by atoms with Crippen LogP contribution < -0.4 is 0 Å². The van der Waals surface area contributed by atoms with Crippen LogP contribution in [0.15, 0.2) is 59.7 Å². The number of benzene rings is 2. The molecule has 0 saturated carbocycles. The van der Waals surface area contributed by atoms with Crippen molar-refractivity contribution in [1.82, 2.24) is 0 Å². The van der Waals surface area contributed by atoms with Gasteiger partial charge in [0.1, 0.15) is 0 Å². The Kier molecular flexibility index (Phi) is 2.81. The first-order valence-corrected chi connectivity index (χ1v) is 6.21. The molecule has 1 heterocycles. The summed E-state index contributed by atoms with van der Waals surface area (Å²) < 4.78 is 0. The Bertz CT molecular complexity index is 675. The van der Waals surface area contributed by atoms with Gasteiger partial charge in [-0.25, -0.2) is 0 Å². The highest BCUT2D eigenvalue weighted by Gasteiger charge is 2.02. The van der Waals surface area contributed by atoms with E-state index in [1.807, 2.05) is 18.5 Å². The van der Waals surface area contributed by atoms with E-state index in [1.165, 1.54) is 27.5 Å². The van der Waals surface area contributed by atoms with Crippen LogP contribution in [0.4, 0.5) is 0 Å². The lowest BCUT2D eigenvalue weighted by Crippen LogP contribution is -1.86. The van der Waals surface area contributed by atoms with Gasteiger partial charge in [-0.05, 0) is 41.0 Å². The average molecular weight is 233 g/mol. The molecule has 2 aromatic carbocycles. The Morgan fingerprint density at radius 3 is 2.78 bits per heavy atom. The zero-order valence-electron chi connectivity index (χ0n) is 10.4. The molecule has 0 bridgehead atoms. The van der Waals surface area contributed by atoms with Gasteiger partial charge in [-0.1, -0.05) is 42.0 Å². The molecule has 0 N–H and O–H groups in total. The normalized spacial score (nSPS) is 14.6. The standard InChI is InChI=1S/C17H15N/c1-13-4-5-17-12-16(7-6-15(17)11-13)14-3-2-9-18-10-8-14/h2-7,9-12H,8H2,1H3. The van der Waals surface area contributed by atoms with Crippen molar-refractivity contribution in [3.05, 3.63) is 65.9 Å². The monoisotopic (exact) mass is 233 g/mol. The molecule has 0 unspecified atom stereocenters. The molecule has 0 radical (unpaired) electrons. The third-order valence-electron chi connectivity index (χ3n) is 3.25. The van der Waals surface area contributed by atoms with Gasteiger partial charge in [-0.3, -0.25) is 4.99 Å². The van der Waals surface area contributed by atoms with E-state index in [-0.39, 0.29) is 0 Å². The second kappa shape index (κ2) is 4.61. The van der Waals surface area contributed by atoms with Crippen LogP contribution in [0, 0.1) is 6.92 Å². The first-order valence-electron chi connectivity index (χ1n) is 6.21. The van der Waals surface area contributed by atoms with Crippen LogP contribution in [0.5, 0.6) is 0 Å². The molecule has 0 saturated heterocycles. The Balaban J connectivity index is 2.08. The van der Waals surface area contributed by atoms with Crippen molar-refractivity contribution in [2.45, 2.75) is 13.3 Å². The minimum atomic E-state index is 0.893. The summed E-state index contributed by atoms with van der Waals surface area (Å²) in [6.07, 6.45) is 8.82. The zero-order chi connectivity index (χ0) is 12.4. The van der Waals surface area contributed by atoms with Gasteiger partial charge in [0.25, 0.3) is 0 Å². The van der Waals surface area contributed by atoms with Crippen molar-refractivity contribution in [2.24, 2.45) is 4.99 Å². The van der Waals surface area contributed by atoms with E-state index in [2.05, 4.69) is 54.4 Å². The van der Waals surface area contributed by atoms with Crippen LogP contribution in [0.25, 0.3) is 16.3 Å². The van der Waals surface area contributed by atoms with Crippen molar-refractivity contribution >= 4 is 22.6 Å². The van der Waals surface area contributed by atoms with Gasteiger partial charge in [0.05, 0.1) is 0 Å². The van der Waals surface area contributed by atoms with Crippen LogP contribution in [0.1, 0.15) is 17.5 Å². The Morgan fingerprint density at radius 1 is 1.00 bits per heavy atom. The maximum atomic E-state index is 4.16. The lowest BCUT2D eigenvalue weighted by atomic mass is 9.98. The summed E-state index contributed by atoms with van der Waals surface area (Å²) in [4.78, 5) is 4.16. The van der Waals surface area contributed by atoms with Gasteiger partial charge >= 0.3 is 0 Å². The van der Waals surface area contributed by atoms with E-state index in [0.717, 1.165) is 6.42 Å². The zero-order valence-corrected chi connectivity index (χ0v) is 10.4. The largest absolute Gasteiger partial charge is 0.269 e. The van der Waals surface area contributed by atoms with Crippen LogP contribution in [-0.4, -0.2) is 6.21 Å². The van der Waals surface area contributed by atoms with Gasteiger partial charge in [0.15, 0.2) is 0 Å². The molecule has 3 rings (SSSR count). The van der Waals surface area contributed by atoms with E-state index in [1.54, 1.807) is 0 Å². The lowest BCUT2D eigenvalue weighted by Gasteiger charge is -2.06. The predicted molar refractivity (Wildman–Crippen MR) is 78.9 cm³/mol. The van der Waals surface area contributed by atoms with E-state index in [9.17, 15) is 0 Å². The Morgan fingerprint density at radius 2 is 1.83 bits per heavy atom. The highest BCUT2D eigenvalue weighted by molar-refractivity contribution is 5.89. The molecular formula is C17H15N. The number of allylic oxidation sites excluding steroid dienone is 3. The summed E-state index contributed by atoms with van der Waals surface area (Å²) in [6, 6.07) is 13.2. The highest BCUT2D eigenvalue weighted by Crippen LogP contribution is 2.24. The number of aliphatic imine (C=N–C) groups is 1. The molecule has 0 atom stereocenters. The molecule has 2 aromatic rings. The molecular weight excluding hydrogens is 218 g/mol. The first-order chi connectivity index (χ1) is 8.83. The van der Waals surface area contributed by atoms with Crippen LogP contribution in [0.2, 0.25) is 0 Å². The first kappa shape index (κ1) is 11.0. The number of aryl methyl sites for hydroxylation is 1. The highest BCUT2D eigenvalue weighted by atomic mass is 14.7. The molecule has 0 aliphatic carbocycles. The third-order valence-corrected chi connectivity index (χ3v) is 3.25. The van der Waals surface area contributed by atoms with E-state index in [4.69, 9.17) is 0 Å². The average Bonchev–Trinajstić information content (AvgIpc) is 2.67. The van der Waals surface area contributed by atoms with Crippen molar-refractivity contribution in [3.8, 4) is 0 Å². The number of fused-ring (bicyclic) bond motifs is 1. The molecule has 88 valence electrons. The number of nitrogens with zero attached hydrogens (tertiary/aromatic N) is 1. The molecule has 18 heavy (non-hydrogen) atoms. The minimum Gasteiger partial charge on any atom is -0.269 e. The molecule has 1 nitrogen and oxygen atoms in total. The molecule has 1 heteroatoms. The van der Waals surface area contributed by atoms with Crippen molar-refractivity contribution in [2.75, 3.05) is 0 Å². The number of rotatable bonds is 1. The summed E-state index contributed by atoms with van der Waals surface area (Å²) in [6.45, 7) is 2.13. The van der Waals surface area contributed by atoms with E-state index in [0.29, 0.717) is 0 Å². The molecule has 0 aromatic heterocycles. The third kappa shape index (κ3) is 2.12. The van der Waals surface area contributed by atoms with Crippen LogP contribution >= 0.6 is 0 Å². The predicted octanol–water partition coefficient (Wildman–Crippen LogP) is 4.52. The van der Waals surface area contributed by atoms with Crippen molar-refractivity contribution in [3.63, 3.8) is 0 Å². The Hall–Kier alpha value is -2.15. The smallest absolute Gasteiger partial charge is 0.0264 e. The molecule has 0 spiro atoms. The lowest BCUT2D eigenvalue weighted by molar-refractivity contribution is 1.47. The number of hydrogen-bond donors (Lipinski definition) is 0. The topological polar surface area (TPSA) is 12.4 Å². The van der Waals surface area contributed by atoms with Gasteiger partial charge in [0.2, 0.25) is 0 Å². The molecule has 0 amide bonds. The van der Waals surface area contributed by atoms with Crippen molar-refractivity contribution < 1.29 is 0 Å². The fourth-order valence-corrected chi connectivity index (χ4v) is 2.27. The second-order valence-corrected chi connectivity index (χ2v) is 4.63. The van der Waals surface area contributed by atoms with Gasteiger partial charge < -0.3 is 0 Å². The molecule has 0 fully saturated rings. The fraction of sp³-hybridized carbons (Fsp3) is 0.118. The summed E-state index contributed by atoms with van der Waals surface area (Å²) in [7, 11) is 0. The van der Waals surface area contributed by atoms with E-state index < -0.39 is 0 Å². The minimum absolute atomic E-state index is 0.893. The fourth-order valence-electron chi connectivity index (χ4n) is 2.27. The van der Waals surface area contributed by atoms with Crippen LogP contribution in [0.3, 0.4) is 0 Å². The maximum absolute atomic E-state index is 4.16. The van der Waals surface area contributed by atoms with Crippen molar-refractivity contribution in [1.29, 1.82) is 0 Å². The quantitative estimate of drug-likeness (QED) is 0.686. The van der Waals surface area contributed by atoms with Crippen LogP contribution in [-0.2, 0) is 0 Å². The molecule has 1 aliphatic heterocycles. The second-order valence-electron chi connectivity index (χ2n) is 4.63. The summed E-state index contributed by atoms with van der Waals surface area (Å²) in [5.41, 5.74) is 3.90. The summed E-state index contributed by atoms with van der Waals surface area (Å²) >= 11 is 0.